The Kier molecular flexibility index (Phi) is 4.11. The Hall–Kier alpha value is -1.95. The maximum absolute atomic E-state index is 12.9. The molecule has 1 saturated carbocycles. The molecule has 2 aliphatic rings. The van der Waals surface area contributed by atoms with Gasteiger partial charge in [0.1, 0.15) is 5.82 Å². The normalized spacial score (nSPS) is 27.5. The fourth-order valence-corrected chi connectivity index (χ4v) is 3.02. The Morgan fingerprint density at radius 1 is 1.32 bits per heavy atom. The highest BCUT2D eigenvalue weighted by atomic mass is 19.1. The van der Waals surface area contributed by atoms with E-state index in [1.807, 2.05) is 0 Å². The molecular formula is C16H18FNO4. The van der Waals surface area contributed by atoms with Gasteiger partial charge in [-0.2, -0.15) is 0 Å². The Balaban J connectivity index is 1.58. The van der Waals surface area contributed by atoms with E-state index < -0.39 is 12.1 Å². The lowest BCUT2D eigenvalue weighted by Crippen LogP contribution is -2.47. The van der Waals surface area contributed by atoms with Crippen molar-refractivity contribution in [3.63, 3.8) is 0 Å². The minimum absolute atomic E-state index is 0.0491. The monoisotopic (exact) mass is 307 g/mol. The molecule has 3 rings (SSSR count). The Morgan fingerprint density at radius 3 is 2.73 bits per heavy atom. The molecule has 1 aromatic rings. The fraction of sp³-hybridized carbons (Fsp3) is 0.500. The molecule has 1 aliphatic carbocycles. The predicted molar refractivity (Wildman–Crippen MR) is 75.8 cm³/mol. The lowest BCUT2D eigenvalue weighted by molar-refractivity contribution is -0.148. The van der Waals surface area contributed by atoms with Gasteiger partial charge in [0.25, 0.3) is 0 Å². The van der Waals surface area contributed by atoms with Crippen molar-refractivity contribution in [3.05, 3.63) is 35.6 Å². The molecule has 5 nitrogen and oxygen atoms in total. The smallest absolute Gasteiger partial charge is 0.306 e. The average molecular weight is 307 g/mol. The van der Waals surface area contributed by atoms with Crippen LogP contribution < -0.4 is 0 Å². The van der Waals surface area contributed by atoms with E-state index in [0.29, 0.717) is 19.7 Å². The van der Waals surface area contributed by atoms with Crippen LogP contribution in [0.15, 0.2) is 24.3 Å². The minimum Gasteiger partial charge on any atom is -0.481 e. The van der Waals surface area contributed by atoms with Gasteiger partial charge in [0.2, 0.25) is 5.91 Å². The molecule has 1 aromatic carbocycles. The summed E-state index contributed by atoms with van der Waals surface area (Å²) in [4.78, 5) is 24.9. The van der Waals surface area contributed by atoms with Gasteiger partial charge >= 0.3 is 5.97 Å². The number of benzene rings is 1. The van der Waals surface area contributed by atoms with Crippen LogP contribution in [-0.4, -0.2) is 47.7 Å². The summed E-state index contributed by atoms with van der Waals surface area (Å²) in [6.07, 6.45) is 0.250. The summed E-state index contributed by atoms with van der Waals surface area (Å²) >= 11 is 0. The van der Waals surface area contributed by atoms with E-state index in [2.05, 4.69) is 0 Å². The van der Waals surface area contributed by atoms with Crippen molar-refractivity contribution in [3.8, 4) is 0 Å². The lowest BCUT2D eigenvalue weighted by atomic mass is 10.1. The van der Waals surface area contributed by atoms with Gasteiger partial charge in [0.15, 0.2) is 0 Å². The summed E-state index contributed by atoms with van der Waals surface area (Å²) in [5.41, 5.74) is 0.982. The molecule has 1 aliphatic heterocycles. The second kappa shape index (κ2) is 6.04. The van der Waals surface area contributed by atoms with Gasteiger partial charge < -0.3 is 14.7 Å². The number of morpholine rings is 1. The third-order valence-electron chi connectivity index (χ3n) is 4.26. The molecule has 0 unspecified atom stereocenters. The number of ether oxygens (including phenoxy) is 1. The average Bonchev–Trinajstić information content (AvgIpc) is 3.27. The number of aliphatic carboxylic acids is 1. The first-order chi connectivity index (χ1) is 10.5. The van der Waals surface area contributed by atoms with Crippen molar-refractivity contribution >= 4 is 11.9 Å². The van der Waals surface area contributed by atoms with Crippen LogP contribution in [-0.2, 0) is 14.3 Å². The zero-order valence-corrected chi connectivity index (χ0v) is 12.1. The summed E-state index contributed by atoms with van der Waals surface area (Å²) in [7, 11) is 0. The second-order valence-corrected chi connectivity index (χ2v) is 5.88. The van der Waals surface area contributed by atoms with E-state index >= 15 is 0 Å². The topological polar surface area (TPSA) is 66.8 Å². The largest absolute Gasteiger partial charge is 0.481 e. The van der Waals surface area contributed by atoms with E-state index in [-0.39, 0.29) is 30.0 Å². The molecule has 6 heteroatoms. The van der Waals surface area contributed by atoms with Crippen LogP contribution in [0.3, 0.4) is 0 Å². The number of nitrogens with zero attached hydrogens (tertiary/aromatic N) is 1. The van der Waals surface area contributed by atoms with Gasteiger partial charge in [0.05, 0.1) is 19.1 Å². The number of carboxylic acids is 1. The Bertz CT molecular complexity index is 574. The van der Waals surface area contributed by atoms with Gasteiger partial charge in [-0.3, -0.25) is 9.59 Å². The molecule has 1 N–H and O–H groups in total. The summed E-state index contributed by atoms with van der Waals surface area (Å²) in [6.45, 7) is 1.21. The van der Waals surface area contributed by atoms with Crippen molar-refractivity contribution in [1.29, 1.82) is 0 Å². The number of hydrogen-bond donors (Lipinski definition) is 1. The molecule has 118 valence electrons. The van der Waals surface area contributed by atoms with E-state index in [0.717, 1.165) is 12.0 Å². The molecule has 0 bridgehead atoms. The third kappa shape index (κ3) is 3.27. The van der Waals surface area contributed by atoms with E-state index in [1.54, 1.807) is 17.0 Å². The first-order valence-corrected chi connectivity index (χ1v) is 7.42. The molecule has 22 heavy (non-hydrogen) atoms. The van der Waals surface area contributed by atoms with Crippen molar-refractivity contribution in [2.24, 2.45) is 5.92 Å². The van der Waals surface area contributed by atoms with Crippen LogP contribution in [0.25, 0.3) is 0 Å². The lowest BCUT2D eigenvalue weighted by Gasteiger charge is -2.32. The van der Waals surface area contributed by atoms with Gasteiger partial charge in [-0.1, -0.05) is 12.1 Å². The number of carbonyl (C=O) groups excluding carboxylic acids is 1. The van der Waals surface area contributed by atoms with Crippen LogP contribution in [0.1, 0.15) is 24.3 Å². The van der Waals surface area contributed by atoms with Crippen molar-refractivity contribution < 1.29 is 23.8 Å². The van der Waals surface area contributed by atoms with Crippen molar-refractivity contribution in [2.45, 2.75) is 24.9 Å². The highest BCUT2D eigenvalue weighted by Gasteiger charge is 2.46. The minimum atomic E-state index is -0.921. The second-order valence-electron chi connectivity index (χ2n) is 5.88. The van der Waals surface area contributed by atoms with Crippen LogP contribution in [0, 0.1) is 11.7 Å². The number of halogens is 1. The molecule has 0 radical (unpaired) electrons. The first kappa shape index (κ1) is 15.0. The molecule has 2 fully saturated rings. The maximum atomic E-state index is 12.9. The molecule has 0 spiro atoms. The first-order valence-electron chi connectivity index (χ1n) is 7.42. The molecule has 3 atom stereocenters. The van der Waals surface area contributed by atoms with Crippen LogP contribution in [0.2, 0.25) is 0 Å². The van der Waals surface area contributed by atoms with Gasteiger partial charge in [0, 0.05) is 19.0 Å². The highest BCUT2D eigenvalue weighted by molar-refractivity contribution is 5.83. The zero-order valence-electron chi connectivity index (χ0n) is 12.1. The van der Waals surface area contributed by atoms with E-state index in [9.17, 15) is 14.0 Å². The van der Waals surface area contributed by atoms with Crippen LogP contribution >= 0.6 is 0 Å². The summed E-state index contributed by atoms with van der Waals surface area (Å²) in [5.74, 6) is -1.08. The molecular weight excluding hydrogens is 289 g/mol. The number of amides is 1. The van der Waals surface area contributed by atoms with Crippen molar-refractivity contribution in [1.82, 2.24) is 4.90 Å². The van der Waals surface area contributed by atoms with Gasteiger partial charge in [-0.05, 0) is 30.0 Å². The van der Waals surface area contributed by atoms with Gasteiger partial charge in [-0.25, -0.2) is 4.39 Å². The fourth-order valence-electron chi connectivity index (χ4n) is 3.02. The third-order valence-corrected chi connectivity index (χ3v) is 4.26. The number of carboxylic acid groups (broad SMARTS) is 1. The SMILES string of the molecule is O=C(O)C[C@@H]1CN(C(=O)[C@H]2C[C@@H]2c2ccc(F)cc2)CCO1. The highest BCUT2D eigenvalue weighted by Crippen LogP contribution is 2.48. The molecule has 1 amide bonds. The predicted octanol–water partition coefficient (Wildman–Crippen LogP) is 1.63. The Labute approximate surface area is 127 Å². The zero-order chi connectivity index (χ0) is 15.7. The van der Waals surface area contributed by atoms with E-state index in [4.69, 9.17) is 9.84 Å². The summed E-state index contributed by atoms with van der Waals surface area (Å²) < 4.78 is 18.3. The van der Waals surface area contributed by atoms with Crippen LogP contribution in [0.4, 0.5) is 4.39 Å². The maximum Gasteiger partial charge on any atom is 0.306 e. The number of hydrogen-bond acceptors (Lipinski definition) is 3. The summed E-state index contributed by atoms with van der Waals surface area (Å²) in [5, 5.41) is 8.81. The molecule has 0 aromatic heterocycles. The van der Waals surface area contributed by atoms with Crippen LogP contribution in [0.5, 0.6) is 0 Å². The Morgan fingerprint density at radius 2 is 2.05 bits per heavy atom. The van der Waals surface area contributed by atoms with E-state index in [1.165, 1.54) is 12.1 Å². The quantitative estimate of drug-likeness (QED) is 0.918. The molecule has 1 heterocycles. The number of rotatable bonds is 4. The van der Waals surface area contributed by atoms with Crippen molar-refractivity contribution in [2.75, 3.05) is 19.7 Å². The summed E-state index contributed by atoms with van der Waals surface area (Å²) in [6, 6.07) is 6.26. The number of carbonyl (C=O) groups is 2. The van der Waals surface area contributed by atoms with Gasteiger partial charge in [-0.15, -0.1) is 0 Å². The molecule has 1 saturated heterocycles. The standard InChI is InChI=1S/C16H18FNO4/c17-11-3-1-10(2-4-11)13-8-14(13)16(21)18-5-6-22-12(9-18)7-15(19)20/h1-4,12-14H,5-9H2,(H,19,20)/t12-,13-,14+/m1/s1.